The summed E-state index contributed by atoms with van der Waals surface area (Å²) in [5.74, 6) is 0.382. The number of carbonyl (C=O) groups excluding carboxylic acids is 1. The number of nitrogens with zero attached hydrogens (tertiary/aromatic N) is 1. The van der Waals surface area contributed by atoms with Gasteiger partial charge < -0.3 is 4.90 Å². The first-order chi connectivity index (χ1) is 9.11. The lowest BCUT2D eigenvalue weighted by molar-refractivity contribution is 0.0993. The van der Waals surface area contributed by atoms with Gasteiger partial charge in [-0.15, -0.1) is 11.6 Å². The zero-order valence-corrected chi connectivity index (χ0v) is 11.8. The minimum absolute atomic E-state index is 0.0300. The van der Waals surface area contributed by atoms with Crippen molar-refractivity contribution in [2.45, 2.75) is 12.8 Å². The molecule has 0 aliphatic carbocycles. The lowest BCUT2D eigenvalue weighted by Gasteiger charge is -2.18. The van der Waals surface area contributed by atoms with Gasteiger partial charge >= 0.3 is 0 Å². The molecule has 0 saturated carbocycles. The van der Waals surface area contributed by atoms with E-state index in [1.165, 1.54) is 0 Å². The number of anilines is 1. The van der Waals surface area contributed by atoms with Crippen molar-refractivity contribution in [2.75, 3.05) is 11.9 Å². The summed E-state index contributed by atoms with van der Waals surface area (Å²) in [5.41, 5.74) is 3.63. The third kappa shape index (κ3) is 3.15. The first kappa shape index (κ1) is 13.6. The van der Waals surface area contributed by atoms with Crippen molar-refractivity contribution < 1.29 is 4.79 Å². The maximum absolute atomic E-state index is 12.4. The Morgan fingerprint density at radius 1 is 1.16 bits per heavy atom. The van der Waals surface area contributed by atoms with Crippen molar-refractivity contribution in [3.63, 3.8) is 0 Å². The summed E-state index contributed by atoms with van der Waals surface area (Å²) in [6, 6.07) is 15.3. The highest BCUT2D eigenvalue weighted by molar-refractivity contribution is 6.17. The molecule has 2 nitrogen and oxygen atoms in total. The molecule has 3 heteroatoms. The van der Waals surface area contributed by atoms with E-state index >= 15 is 0 Å². The van der Waals surface area contributed by atoms with E-state index in [1.807, 2.05) is 55.5 Å². The molecule has 0 aliphatic heterocycles. The topological polar surface area (TPSA) is 20.3 Å². The molecule has 0 bridgehead atoms. The molecule has 0 saturated heterocycles. The van der Waals surface area contributed by atoms with Gasteiger partial charge in [-0.1, -0.05) is 24.3 Å². The fourth-order valence-electron chi connectivity index (χ4n) is 1.93. The lowest BCUT2D eigenvalue weighted by Crippen LogP contribution is -2.26. The monoisotopic (exact) mass is 273 g/mol. The average molecular weight is 274 g/mol. The number of hydrogen-bond acceptors (Lipinski definition) is 1. The molecular weight excluding hydrogens is 258 g/mol. The quantitative estimate of drug-likeness (QED) is 0.774. The molecule has 0 unspecified atom stereocenters. The molecule has 0 N–H and O–H groups in total. The molecular formula is C16H16ClNO. The van der Waals surface area contributed by atoms with E-state index in [9.17, 15) is 4.79 Å². The van der Waals surface area contributed by atoms with E-state index in [-0.39, 0.29) is 5.91 Å². The molecule has 2 aromatic rings. The first-order valence-corrected chi connectivity index (χ1v) is 6.65. The molecule has 19 heavy (non-hydrogen) atoms. The second kappa shape index (κ2) is 5.89. The van der Waals surface area contributed by atoms with E-state index in [0.717, 1.165) is 16.8 Å². The molecule has 2 aromatic carbocycles. The molecule has 0 radical (unpaired) electrons. The van der Waals surface area contributed by atoms with Crippen molar-refractivity contribution in [2.24, 2.45) is 0 Å². The van der Waals surface area contributed by atoms with E-state index in [0.29, 0.717) is 11.4 Å². The van der Waals surface area contributed by atoms with E-state index in [1.54, 1.807) is 11.9 Å². The van der Waals surface area contributed by atoms with Crippen LogP contribution in [0.1, 0.15) is 21.5 Å². The number of carbonyl (C=O) groups is 1. The Kier molecular flexibility index (Phi) is 4.23. The number of alkyl halides is 1. The second-order valence-electron chi connectivity index (χ2n) is 4.54. The largest absolute Gasteiger partial charge is 0.311 e. The van der Waals surface area contributed by atoms with Crippen LogP contribution in [0.5, 0.6) is 0 Å². The molecule has 0 atom stereocenters. The summed E-state index contributed by atoms with van der Waals surface area (Å²) in [7, 11) is 1.78. The molecule has 0 heterocycles. The van der Waals surface area contributed by atoms with Crippen LogP contribution in [-0.2, 0) is 5.88 Å². The van der Waals surface area contributed by atoms with Gasteiger partial charge in [0.15, 0.2) is 0 Å². The highest BCUT2D eigenvalue weighted by atomic mass is 35.5. The fourth-order valence-corrected chi connectivity index (χ4v) is 2.10. The number of amides is 1. The highest BCUT2D eigenvalue weighted by Crippen LogP contribution is 2.18. The summed E-state index contributed by atoms with van der Waals surface area (Å²) >= 11 is 5.80. The third-order valence-electron chi connectivity index (χ3n) is 3.02. The van der Waals surface area contributed by atoms with Crippen molar-refractivity contribution in [1.82, 2.24) is 0 Å². The summed E-state index contributed by atoms with van der Waals surface area (Å²) in [6.07, 6.45) is 0. The van der Waals surface area contributed by atoms with Crippen LogP contribution in [-0.4, -0.2) is 13.0 Å². The molecule has 98 valence electrons. The maximum atomic E-state index is 12.4. The van der Waals surface area contributed by atoms with Crippen LogP contribution < -0.4 is 4.90 Å². The highest BCUT2D eigenvalue weighted by Gasteiger charge is 2.13. The number of halogens is 1. The Morgan fingerprint density at radius 2 is 1.89 bits per heavy atom. The van der Waals surface area contributed by atoms with E-state index in [4.69, 9.17) is 11.6 Å². The van der Waals surface area contributed by atoms with Gasteiger partial charge in [0.25, 0.3) is 5.91 Å². The van der Waals surface area contributed by atoms with Crippen LogP contribution in [0.25, 0.3) is 0 Å². The van der Waals surface area contributed by atoms with Crippen molar-refractivity contribution in [1.29, 1.82) is 0 Å². The number of aryl methyl sites for hydroxylation is 1. The first-order valence-electron chi connectivity index (χ1n) is 6.11. The minimum atomic E-state index is -0.0300. The fraction of sp³-hybridized carbons (Fsp3) is 0.188. The van der Waals surface area contributed by atoms with Crippen LogP contribution in [0.2, 0.25) is 0 Å². The molecule has 1 amide bonds. The van der Waals surface area contributed by atoms with Crippen molar-refractivity contribution >= 4 is 23.2 Å². The Bertz CT molecular complexity index is 595. The lowest BCUT2D eigenvalue weighted by atomic mass is 10.1. The Labute approximate surface area is 118 Å². The zero-order chi connectivity index (χ0) is 13.8. The van der Waals surface area contributed by atoms with Crippen LogP contribution in [0.4, 0.5) is 5.69 Å². The predicted molar refractivity (Wildman–Crippen MR) is 79.9 cm³/mol. The number of benzene rings is 2. The Hall–Kier alpha value is -1.80. The van der Waals surface area contributed by atoms with Gasteiger partial charge in [-0.2, -0.15) is 0 Å². The zero-order valence-electron chi connectivity index (χ0n) is 11.1. The van der Waals surface area contributed by atoms with Gasteiger partial charge in [-0.25, -0.2) is 0 Å². The van der Waals surface area contributed by atoms with Crippen molar-refractivity contribution in [3.05, 3.63) is 65.2 Å². The SMILES string of the molecule is Cc1cccc(N(C)C(=O)c2cccc(CCl)c2)c1. The summed E-state index contributed by atoms with van der Waals surface area (Å²) < 4.78 is 0. The standard InChI is InChI=1S/C16H16ClNO/c1-12-5-3-8-15(9-12)18(2)16(19)14-7-4-6-13(10-14)11-17/h3-10H,11H2,1-2H3. The van der Waals surface area contributed by atoms with Gasteiger partial charge in [0.2, 0.25) is 0 Å². The van der Waals surface area contributed by atoms with E-state index < -0.39 is 0 Å². The average Bonchev–Trinajstić information content (AvgIpc) is 2.45. The molecule has 0 spiro atoms. The van der Waals surface area contributed by atoms with Crippen LogP contribution >= 0.6 is 11.6 Å². The third-order valence-corrected chi connectivity index (χ3v) is 3.33. The summed E-state index contributed by atoms with van der Waals surface area (Å²) in [5, 5.41) is 0. The van der Waals surface area contributed by atoms with Gasteiger partial charge in [-0.05, 0) is 42.3 Å². The van der Waals surface area contributed by atoms with Crippen LogP contribution in [0.3, 0.4) is 0 Å². The molecule has 0 aromatic heterocycles. The van der Waals surface area contributed by atoms with Gasteiger partial charge in [-0.3, -0.25) is 4.79 Å². The predicted octanol–water partition coefficient (Wildman–Crippen LogP) is 4.01. The normalized spacial score (nSPS) is 10.3. The minimum Gasteiger partial charge on any atom is -0.311 e. The van der Waals surface area contributed by atoms with Gasteiger partial charge in [0.05, 0.1) is 0 Å². The maximum Gasteiger partial charge on any atom is 0.258 e. The summed E-state index contributed by atoms with van der Waals surface area (Å²) in [6.45, 7) is 2.01. The van der Waals surface area contributed by atoms with Crippen LogP contribution in [0, 0.1) is 6.92 Å². The summed E-state index contributed by atoms with van der Waals surface area (Å²) in [4.78, 5) is 14.1. The molecule has 2 rings (SSSR count). The molecule has 0 fully saturated rings. The smallest absolute Gasteiger partial charge is 0.258 e. The Morgan fingerprint density at radius 3 is 2.58 bits per heavy atom. The van der Waals surface area contributed by atoms with Gasteiger partial charge in [0.1, 0.15) is 0 Å². The van der Waals surface area contributed by atoms with Gasteiger partial charge in [0, 0.05) is 24.2 Å². The Balaban J connectivity index is 2.28. The van der Waals surface area contributed by atoms with Crippen LogP contribution in [0.15, 0.2) is 48.5 Å². The molecule has 0 aliphatic rings. The van der Waals surface area contributed by atoms with Crippen molar-refractivity contribution in [3.8, 4) is 0 Å². The second-order valence-corrected chi connectivity index (χ2v) is 4.80. The van der Waals surface area contributed by atoms with E-state index in [2.05, 4.69) is 0 Å². The number of hydrogen-bond donors (Lipinski definition) is 0. The number of rotatable bonds is 3.